The summed E-state index contributed by atoms with van der Waals surface area (Å²) in [7, 11) is 0. The molecule has 1 aromatic rings. The Balaban J connectivity index is 2.04. The van der Waals surface area contributed by atoms with Crippen molar-refractivity contribution >= 4 is 17.5 Å². The van der Waals surface area contributed by atoms with Crippen molar-refractivity contribution < 1.29 is 9.59 Å². The van der Waals surface area contributed by atoms with E-state index in [0.717, 1.165) is 24.9 Å². The summed E-state index contributed by atoms with van der Waals surface area (Å²) in [5, 5.41) is 3.47. The van der Waals surface area contributed by atoms with Gasteiger partial charge in [-0.1, -0.05) is 45.9 Å². The number of anilines is 1. The van der Waals surface area contributed by atoms with Crippen LogP contribution in [0.15, 0.2) is 30.3 Å². The van der Waals surface area contributed by atoms with E-state index in [4.69, 9.17) is 0 Å². The third kappa shape index (κ3) is 3.04. The fraction of sp³-hybridized carbons (Fsp3) is 0.636. The molecule has 0 radical (unpaired) electrons. The molecule has 4 atom stereocenters. The Labute approximate surface area is 157 Å². The molecule has 4 nitrogen and oxygen atoms in total. The Morgan fingerprint density at radius 3 is 2.31 bits per heavy atom. The number of hydrogen-bond acceptors (Lipinski definition) is 2. The highest BCUT2D eigenvalue weighted by molar-refractivity contribution is 5.95. The molecule has 2 aliphatic rings. The average molecular weight is 357 g/mol. The van der Waals surface area contributed by atoms with E-state index in [1.54, 1.807) is 11.9 Å². The summed E-state index contributed by atoms with van der Waals surface area (Å²) in [5.41, 5.74) is 1.01. The normalized spacial score (nSPS) is 27.2. The number of hydrazine groups is 1. The van der Waals surface area contributed by atoms with E-state index in [-0.39, 0.29) is 29.2 Å². The number of nitrogens with zero attached hydrogens (tertiary/aromatic N) is 2. The second-order valence-electron chi connectivity index (χ2n) is 8.66. The molecule has 2 saturated carbocycles. The molecule has 0 N–H and O–H groups in total. The third-order valence-corrected chi connectivity index (χ3v) is 6.91. The van der Waals surface area contributed by atoms with Gasteiger partial charge in [0.2, 0.25) is 11.8 Å². The van der Waals surface area contributed by atoms with Gasteiger partial charge in [-0.3, -0.25) is 9.59 Å². The van der Waals surface area contributed by atoms with Gasteiger partial charge >= 0.3 is 0 Å². The maximum atomic E-state index is 13.4. The van der Waals surface area contributed by atoms with Gasteiger partial charge in [-0.05, 0) is 55.1 Å². The van der Waals surface area contributed by atoms with Gasteiger partial charge in [-0.25, -0.2) is 10.0 Å². The molecule has 4 heteroatoms. The smallest absolute Gasteiger partial charge is 0.244 e. The first-order valence-corrected chi connectivity index (χ1v) is 9.97. The number of carbonyl (C=O) groups is 2. The molecule has 3 rings (SSSR count). The summed E-state index contributed by atoms with van der Waals surface area (Å²) in [4.78, 5) is 26.1. The second-order valence-corrected chi connectivity index (χ2v) is 8.66. The molecule has 142 valence electrons. The van der Waals surface area contributed by atoms with E-state index in [1.807, 2.05) is 49.2 Å². The highest BCUT2D eigenvalue weighted by Crippen LogP contribution is 2.59. The van der Waals surface area contributed by atoms with Crippen LogP contribution >= 0.6 is 0 Å². The lowest BCUT2D eigenvalue weighted by molar-refractivity contribution is -0.143. The standard InChI is InChI=1S/C22H32N2O2/c1-6-15(2)21(26)24(20-14-17-12-13-19(20)22(17,4)5)23(16(3)25)18-10-8-7-9-11-18/h7-11,15,17,19-20H,6,12-14H2,1-5H3/t15-,17+,19+,20+/m0/s1. The van der Waals surface area contributed by atoms with Crippen LogP contribution in [0, 0.1) is 23.2 Å². The first kappa shape index (κ1) is 18.9. The average Bonchev–Trinajstić information content (AvgIpc) is 3.05. The third-order valence-electron chi connectivity index (χ3n) is 6.91. The van der Waals surface area contributed by atoms with Crippen molar-refractivity contribution in [3.05, 3.63) is 30.3 Å². The molecule has 1 aromatic carbocycles. The number of hydrogen-bond donors (Lipinski definition) is 0. The second kappa shape index (κ2) is 7.05. The topological polar surface area (TPSA) is 40.6 Å². The SMILES string of the molecule is CC[C@H](C)C(=O)N([C@@H]1C[C@H]2CC[C@H]1C2(C)C)N(C(C)=O)c1ccccc1. The summed E-state index contributed by atoms with van der Waals surface area (Å²) >= 11 is 0. The van der Waals surface area contributed by atoms with Crippen molar-refractivity contribution in [2.45, 2.75) is 66.3 Å². The van der Waals surface area contributed by atoms with E-state index >= 15 is 0 Å². The van der Waals surface area contributed by atoms with E-state index < -0.39 is 0 Å². The largest absolute Gasteiger partial charge is 0.273 e. The summed E-state index contributed by atoms with van der Waals surface area (Å²) in [6, 6.07) is 9.70. The van der Waals surface area contributed by atoms with Crippen LogP contribution in [0.3, 0.4) is 0 Å². The molecule has 0 aliphatic heterocycles. The van der Waals surface area contributed by atoms with Crippen LogP contribution in [0.5, 0.6) is 0 Å². The number of amides is 2. The Hall–Kier alpha value is -1.84. The molecular formula is C22H32N2O2. The van der Waals surface area contributed by atoms with E-state index in [9.17, 15) is 9.59 Å². The lowest BCUT2D eigenvalue weighted by atomic mass is 9.81. The van der Waals surface area contributed by atoms with Gasteiger partial charge in [-0.2, -0.15) is 0 Å². The van der Waals surface area contributed by atoms with E-state index in [2.05, 4.69) is 13.8 Å². The van der Waals surface area contributed by atoms with Gasteiger partial charge in [0.05, 0.1) is 11.7 Å². The van der Waals surface area contributed by atoms with Gasteiger partial charge < -0.3 is 0 Å². The van der Waals surface area contributed by atoms with Crippen molar-refractivity contribution in [2.24, 2.45) is 23.2 Å². The van der Waals surface area contributed by atoms with Gasteiger partial charge in [0.25, 0.3) is 0 Å². The lowest BCUT2D eigenvalue weighted by Gasteiger charge is -2.43. The van der Waals surface area contributed by atoms with Crippen molar-refractivity contribution in [2.75, 3.05) is 5.01 Å². The molecule has 2 fully saturated rings. The molecular weight excluding hydrogens is 324 g/mol. The molecule has 2 amide bonds. The zero-order valence-corrected chi connectivity index (χ0v) is 16.7. The maximum absolute atomic E-state index is 13.4. The fourth-order valence-electron chi connectivity index (χ4n) is 5.10. The molecule has 0 saturated heterocycles. The highest BCUT2D eigenvalue weighted by atomic mass is 16.2. The quantitative estimate of drug-likeness (QED) is 0.737. The summed E-state index contributed by atoms with van der Waals surface area (Å²) in [5.74, 6) is 0.955. The molecule has 26 heavy (non-hydrogen) atoms. The van der Waals surface area contributed by atoms with Crippen LogP contribution in [0.2, 0.25) is 0 Å². The van der Waals surface area contributed by atoms with Crippen LogP contribution in [-0.4, -0.2) is 22.9 Å². The van der Waals surface area contributed by atoms with Gasteiger partial charge in [-0.15, -0.1) is 0 Å². The number of carbonyl (C=O) groups excluding carboxylic acids is 2. The summed E-state index contributed by atoms with van der Waals surface area (Å²) in [6.45, 7) is 10.2. The predicted molar refractivity (Wildman–Crippen MR) is 104 cm³/mol. The van der Waals surface area contributed by atoms with Crippen LogP contribution < -0.4 is 5.01 Å². The summed E-state index contributed by atoms with van der Waals surface area (Å²) in [6.07, 6.45) is 4.16. The first-order chi connectivity index (χ1) is 12.3. The number of fused-ring (bicyclic) bond motifs is 2. The van der Waals surface area contributed by atoms with Gasteiger partial charge in [0.1, 0.15) is 0 Å². The minimum Gasteiger partial charge on any atom is -0.273 e. The van der Waals surface area contributed by atoms with E-state index in [0.29, 0.717) is 11.8 Å². The van der Waals surface area contributed by atoms with Crippen molar-refractivity contribution in [1.29, 1.82) is 0 Å². The Kier molecular flexibility index (Phi) is 5.14. The Bertz CT molecular complexity index is 670. The first-order valence-electron chi connectivity index (χ1n) is 9.97. The van der Waals surface area contributed by atoms with Crippen LogP contribution in [-0.2, 0) is 9.59 Å². The van der Waals surface area contributed by atoms with Gasteiger partial charge in [0, 0.05) is 12.8 Å². The predicted octanol–water partition coefficient (Wildman–Crippen LogP) is 4.65. The van der Waals surface area contributed by atoms with E-state index in [1.165, 1.54) is 6.42 Å². The number of benzene rings is 1. The zero-order chi connectivity index (χ0) is 19.1. The Morgan fingerprint density at radius 2 is 1.85 bits per heavy atom. The minimum absolute atomic E-state index is 0.0694. The Morgan fingerprint density at radius 1 is 1.19 bits per heavy atom. The van der Waals surface area contributed by atoms with Crippen molar-refractivity contribution in [1.82, 2.24) is 5.01 Å². The van der Waals surface area contributed by atoms with Crippen molar-refractivity contribution in [3.8, 4) is 0 Å². The molecule has 2 bridgehead atoms. The van der Waals surface area contributed by atoms with Crippen LogP contribution in [0.4, 0.5) is 5.69 Å². The minimum atomic E-state index is -0.103. The zero-order valence-electron chi connectivity index (χ0n) is 16.7. The lowest BCUT2D eigenvalue weighted by Crippen LogP contribution is -2.57. The number of para-hydroxylation sites is 1. The molecule has 0 aromatic heterocycles. The highest BCUT2D eigenvalue weighted by Gasteiger charge is 2.57. The maximum Gasteiger partial charge on any atom is 0.244 e. The van der Waals surface area contributed by atoms with Gasteiger partial charge in [0.15, 0.2) is 0 Å². The molecule has 0 unspecified atom stereocenters. The molecule has 0 spiro atoms. The van der Waals surface area contributed by atoms with Crippen LogP contribution in [0.1, 0.15) is 60.3 Å². The molecule has 2 aliphatic carbocycles. The molecule has 0 heterocycles. The van der Waals surface area contributed by atoms with Crippen LogP contribution in [0.25, 0.3) is 0 Å². The monoisotopic (exact) mass is 356 g/mol. The van der Waals surface area contributed by atoms with Crippen molar-refractivity contribution in [3.63, 3.8) is 0 Å². The fourth-order valence-corrected chi connectivity index (χ4v) is 5.10. The summed E-state index contributed by atoms with van der Waals surface area (Å²) < 4.78 is 0. The number of rotatable bonds is 4.